The van der Waals surface area contributed by atoms with Crippen LogP contribution in [0.4, 0.5) is 0 Å². The fraction of sp³-hybridized carbons (Fsp3) is 0.571. The average molecular weight is 237 g/mol. The van der Waals surface area contributed by atoms with E-state index in [2.05, 4.69) is 11.4 Å². The number of ether oxygens (including phenoxy) is 1. The summed E-state index contributed by atoms with van der Waals surface area (Å²) in [6.45, 7) is 7.86. The van der Waals surface area contributed by atoms with Crippen LogP contribution >= 0.6 is 0 Å². The summed E-state index contributed by atoms with van der Waals surface area (Å²) in [6, 6.07) is 6.17. The molecule has 0 aliphatic carbocycles. The zero-order chi connectivity index (χ0) is 12.9. The molecule has 1 atom stereocenters. The molecule has 1 aromatic carbocycles. The van der Waals surface area contributed by atoms with Gasteiger partial charge in [-0.05, 0) is 26.3 Å². The van der Waals surface area contributed by atoms with Gasteiger partial charge in [-0.3, -0.25) is 0 Å². The van der Waals surface area contributed by atoms with Gasteiger partial charge in [-0.1, -0.05) is 29.3 Å². The number of benzene rings is 1. The molecule has 0 saturated carbocycles. The summed E-state index contributed by atoms with van der Waals surface area (Å²) in [7, 11) is 1.67. The Kier molecular flexibility index (Phi) is 5.12. The van der Waals surface area contributed by atoms with Crippen molar-refractivity contribution in [1.29, 1.82) is 0 Å². The summed E-state index contributed by atoms with van der Waals surface area (Å²) < 4.78 is 4.96. The first-order valence-electron chi connectivity index (χ1n) is 5.96. The summed E-state index contributed by atoms with van der Waals surface area (Å²) in [6.07, 6.45) is 0. The van der Waals surface area contributed by atoms with Crippen LogP contribution in [0.15, 0.2) is 18.2 Å². The molecule has 1 unspecified atom stereocenters. The third-order valence-electron chi connectivity index (χ3n) is 2.80. The minimum absolute atomic E-state index is 0.527. The first-order chi connectivity index (χ1) is 7.95. The second-order valence-electron chi connectivity index (χ2n) is 4.82. The Hall–Kier alpha value is -0.900. The third-order valence-corrected chi connectivity index (χ3v) is 2.80. The molecule has 3 nitrogen and oxygen atoms in total. The molecule has 1 rings (SSSR count). The van der Waals surface area contributed by atoms with E-state index >= 15 is 0 Å². The van der Waals surface area contributed by atoms with Crippen molar-refractivity contribution in [1.82, 2.24) is 5.32 Å². The highest BCUT2D eigenvalue weighted by Crippen LogP contribution is 2.22. The van der Waals surface area contributed by atoms with Crippen LogP contribution in [0, 0.1) is 13.8 Å². The molecule has 1 aromatic rings. The quantitative estimate of drug-likeness (QED) is 0.741. The average Bonchev–Trinajstić information content (AvgIpc) is 2.23. The van der Waals surface area contributed by atoms with Crippen molar-refractivity contribution in [2.45, 2.75) is 26.4 Å². The molecule has 0 amide bonds. The molecule has 0 spiro atoms. The predicted octanol–water partition coefficient (Wildman–Crippen LogP) is 1.75. The SMILES string of the molecule is COCCNCC(C)(O)c1cc(C)cc(C)c1. The van der Waals surface area contributed by atoms with Crippen molar-refractivity contribution in [3.8, 4) is 0 Å². The van der Waals surface area contributed by atoms with E-state index in [9.17, 15) is 5.11 Å². The monoisotopic (exact) mass is 237 g/mol. The molecule has 0 heterocycles. The summed E-state index contributed by atoms with van der Waals surface area (Å²) in [5.41, 5.74) is 2.47. The van der Waals surface area contributed by atoms with Crippen molar-refractivity contribution in [2.75, 3.05) is 26.8 Å². The molecule has 0 radical (unpaired) electrons. The van der Waals surface area contributed by atoms with Gasteiger partial charge in [-0.15, -0.1) is 0 Å². The summed E-state index contributed by atoms with van der Waals surface area (Å²) in [5, 5.41) is 13.6. The normalized spacial score (nSPS) is 14.6. The molecule has 0 aliphatic heterocycles. The topological polar surface area (TPSA) is 41.5 Å². The molecule has 0 fully saturated rings. The predicted molar refractivity (Wildman–Crippen MR) is 70.2 cm³/mol. The Morgan fingerprint density at radius 2 is 1.82 bits per heavy atom. The van der Waals surface area contributed by atoms with Crippen LogP contribution in [0.25, 0.3) is 0 Å². The summed E-state index contributed by atoms with van der Waals surface area (Å²) >= 11 is 0. The summed E-state index contributed by atoms with van der Waals surface area (Å²) in [4.78, 5) is 0. The number of methoxy groups -OCH3 is 1. The lowest BCUT2D eigenvalue weighted by Gasteiger charge is -2.25. The molecule has 0 saturated heterocycles. The molecular formula is C14H23NO2. The number of nitrogens with one attached hydrogen (secondary N) is 1. The van der Waals surface area contributed by atoms with Gasteiger partial charge in [0, 0.05) is 20.2 Å². The Morgan fingerprint density at radius 1 is 1.24 bits per heavy atom. The van der Waals surface area contributed by atoms with Crippen molar-refractivity contribution in [3.63, 3.8) is 0 Å². The summed E-state index contributed by atoms with van der Waals surface area (Å²) in [5.74, 6) is 0. The lowest BCUT2D eigenvalue weighted by atomic mass is 9.93. The van der Waals surface area contributed by atoms with Crippen molar-refractivity contribution < 1.29 is 9.84 Å². The van der Waals surface area contributed by atoms with E-state index in [-0.39, 0.29) is 0 Å². The Bertz CT molecular complexity index is 341. The first-order valence-corrected chi connectivity index (χ1v) is 5.96. The van der Waals surface area contributed by atoms with Gasteiger partial charge in [0.2, 0.25) is 0 Å². The van der Waals surface area contributed by atoms with Gasteiger partial charge in [0.15, 0.2) is 0 Å². The fourth-order valence-corrected chi connectivity index (χ4v) is 1.89. The van der Waals surface area contributed by atoms with Crippen LogP contribution < -0.4 is 5.32 Å². The van der Waals surface area contributed by atoms with E-state index in [4.69, 9.17) is 4.74 Å². The lowest BCUT2D eigenvalue weighted by Crippen LogP contribution is -2.36. The van der Waals surface area contributed by atoms with Crippen molar-refractivity contribution in [2.24, 2.45) is 0 Å². The molecule has 96 valence electrons. The van der Waals surface area contributed by atoms with E-state index in [0.717, 1.165) is 12.1 Å². The maximum Gasteiger partial charge on any atom is 0.0992 e. The van der Waals surface area contributed by atoms with Gasteiger partial charge >= 0.3 is 0 Å². The molecule has 0 aromatic heterocycles. The maximum atomic E-state index is 10.4. The molecule has 17 heavy (non-hydrogen) atoms. The smallest absolute Gasteiger partial charge is 0.0992 e. The Labute approximate surface area is 104 Å². The molecule has 0 aliphatic rings. The van der Waals surface area contributed by atoms with E-state index in [1.807, 2.05) is 32.9 Å². The van der Waals surface area contributed by atoms with E-state index in [0.29, 0.717) is 13.2 Å². The second-order valence-corrected chi connectivity index (χ2v) is 4.82. The second kappa shape index (κ2) is 6.15. The van der Waals surface area contributed by atoms with E-state index < -0.39 is 5.60 Å². The zero-order valence-electron chi connectivity index (χ0n) is 11.2. The van der Waals surface area contributed by atoms with Crippen molar-refractivity contribution in [3.05, 3.63) is 34.9 Å². The lowest BCUT2D eigenvalue weighted by molar-refractivity contribution is 0.0549. The molecule has 0 bridgehead atoms. The van der Waals surface area contributed by atoms with Crippen LogP contribution in [-0.2, 0) is 10.3 Å². The number of aliphatic hydroxyl groups is 1. The highest BCUT2D eigenvalue weighted by molar-refractivity contribution is 5.32. The van der Waals surface area contributed by atoms with Gasteiger partial charge in [0.25, 0.3) is 0 Å². The van der Waals surface area contributed by atoms with Crippen LogP contribution in [0.2, 0.25) is 0 Å². The van der Waals surface area contributed by atoms with Crippen LogP contribution in [-0.4, -0.2) is 31.9 Å². The highest BCUT2D eigenvalue weighted by Gasteiger charge is 2.22. The molecular weight excluding hydrogens is 214 g/mol. The Balaban J connectivity index is 2.67. The van der Waals surface area contributed by atoms with Crippen LogP contribution in [0.5, 0.6) is 0 Å². The van der Waals surface area contributed by atoms with Crippen molar-refractivity contribution >= 4 is 0 Å². The highest BCUT2D eigenvalue weighted by atomic mass is 16.5. The number of hydrogen-bond acceptors (Lipinski definition) is 3. The number of aryl methyl sites for hydroxylation is 2. The first kappa shape index (κ1) is 14.2. The largest absolute Gasteiger partial charge is 0.384 e. The van der Waals surface area contributed by atoms with Crippen LogP contribution in [0.1, 0.15) is 23.6 Å². The van der Waals surface area contributed by atoms with Gasteiger partial charge in [-0.2, -0.15) is 0 Å². The van der Waals surface area contributed by atoms with E-state index in [1.165, 1.54) is 11.1 Å². The van der Waals surface area contributed by atoms with Crippen LogP contribution in [0.3, 0.4) is 0 Å². The third kappa shape index (κ3) is 4.46. The minimum Gasteiger partial charge on any atom is -0.384 e. The molecule has 2 N–H and O–H groups in total. The Morgan fingerprint density at radius 3 is 2.35 bits per heavy atom. The minimum atomic E-state index is -0.843. The number of rotatable bonds is 6. The standard InChI is InChI=1S/C14H23NO2/c1-11-7-12(2)9-13(8-11)14(3,16)10-15-5-6-17-4/h7-9,15-16H,5-6,10H2,1-4H3. The zero-order valence-corrected chi connectivity index (χ0v) is 11.2. The van der Waals surface area contributed by atoms with Gasteiger partial charge < -0.3 is 15.2 Å². The van der Waals surface area contributed by atoms with Gasteiger partial charge in [0.1, 0.15) is 0 Å². The fourth-order valence-electron chi connectivity index (χ4n) is 1.89. The van der Waals surface area contributed by atoms with E-state index in [1.54, 1.807) is 7.11 Å². The number of hydrogen-bond donors (Lipinski definition) is 2. The molecule has 3 heteroatoms. The maximum absolute atomic E-state index is 10.4. The van der Waals surface area contributed by atoms with Gasteiger partial charge in [0.05, 0.1) is 12.2 Å². The van der Waals surface area contributed by atoms with Gasteiger partial charge in [-0.25, -0.2) is 0 Å².